The third-order valence-electron chi connectivity index (χ3n) is 5.50. The molecule has 0 aliphatic carbocycles. The summed E-state index contributed by atoms with van der Waals surface area (Å²) < 4.78 is 6.19. The molecule has 0 saturated carbocycles. The van der Waals surface area contributed by atoms with Crippen LogP contribution in [-0.2, 0) is 24.9 Å². The van der Waals surface area contributed by atoms with Gasteiger partial charge in [0.2, 0.25) is 0 Å². The first-order chi connectivity index (χ1) is 17.3. The Morgan fingerprint density at radius 1 is 0.892 bits per heavy atom. The van der Waals surface area contributed by atoms with E-state index in [0.717, 1.165) is 39.1 Å². The number of aliphatic hydroxyl groups excluding tert-OH is 1. The Labute approximate surface area is 231 Å². The minimum absolute atomic E-state index is 0. The zero-order valence-corrected chi connectivity index (χ0v) is 23.6. The van der Waals surface area contributed by atoms with Gasteiger partial charge >= 0.3 is 0 Å². The van der Waals surface area contributed by atoms with Crippen molar-refractivity contribution in [3.05, 3.63) is 114 Å². The normalized spacial score (nSPS) is 10.9. The number of aromatic nitrogens is 1. The average Bonchev–Trinajstić information content (AvgIpc) is 3.27. The van der Waals surface area contributed by atoms with Crippen molar-refractivity contribution in [1.29, 1.82) is 0 Å². The van der Waals surface area contributed by atoms with Crippen LogP contribution in [0.15, 0.2) is 101 Å². The molecule has 0 aliphatic heterocycles. The van der Waals surface area contributed by atoms with Crippen LogP contribution in [0.2, 0.25) is 0 Å². The first kappa shape index (κ1) is 27.8. The van der Waals surface area contributed by atoms with Crippen molar-refractivity contribution in [1.82, 2.24) is 4.98 Å². The summed E-state index contributed by atoms with van der Waals surface area (Å²) >= 11 is 0. The molecule has 1 N–H and O–H groups in total. The van der Waals surface area contributed by atoms with Crippen molar-refractivity contribution in [3.8, 4) is 33.7 Å². The van der Waals surface area contributed by atoms with Gasteiger partial charge in [0.1, 0.15) is 11.3 Å². The minimum atomic E-state index is -0.125. The Kier molecular flexibility index (Phi) is 9.35. The molecule has 4 nitrogen and oxygen atoms in total. The number of furan rings is 1. The molecule has 0 spiro atoms. The van der Waals surface area contributed by atoms with Crippen LogP contribution in [0.25, 0.3) is 44.7 Å². The van der Waals surface area contributed by atoms with Crippen molar-refractivity contribution < 1.29 is 34.4 Å². The fourth-order valence-corrected chi connectivity index (χ4v) is 4.06. The van der Waals surface area contributed by atoms with Crippen LogP contribution in [0, 0.1) is 19.9 Å². The van der Waals surface area contributed by atoms with E-state index >= 15 is 0 Å². The molecule has 0 aliphatic rings. The molecular formula is C32H28IrNO3-. The minimum Gasteiger partial charge on any atom is -0.512 e. The predicted octanol–water partition coefficient (Wildman–Crippen LogP) is 8.28. The number of allylic oxidation sites excluding steroid dienone is 2. The van der Waals surface area contributed by atoms with Gasteiger partial charge in [0.25, 0.3) is 0 Å². The standard InChI is InChI=1S/C27H20NO.C5H8O2.Ir/c1-18-11-19(2)13-23(12-18)26-15-24-17-28-25(16-27(24)29-26)22-10-6-9-21(14-22)20-7-4-3-5-8-20;1-4(6)3-5(2)7;/h3-9,11-17H,1-2H3;3,6H,1-2H3;/q-1;;/b;4-3-;. The molecule has 3 aromatic carbocycles. The fraction of sp³-hybridized carbons (Fsp3) is 0.125. The SMILES string of the molecule is CC(=O)/C=C(/C)O.Cc1cc(C)cc(-c2cc3cnc(-c4[c-]ccc(-c5ccccc5)c4)cc3o2)c1.[Ir]. The number of fused-ring (bicyclic) bond motifs is 1. The second kappa shape index (κ2) is 12.4. The molecule has 0 amide bonds. The monoisotopic (exact) mass is 667 g/mol. The molecule has 0 atom stereocenters. The van der Waals surface area contributed by atoms with E-state index in [2.05, 4.69) is 73.4 Å². The number of ketones is 1. The van der Waals surface area contributed by atoms with Gasteiger partial charge in [-0.3, -0.25) is 4.79 Å². The quantitative estimate of drug-likeness (QED) is 0.119. The average molecular weight is 667 g/mol. The van der Waals surface area contributed by atoms with Crippen LogP contribution in [-0.4, -0.2) is 15.9 Å². The van der Waals surface area contributed by atoms with Gasteiger partial charge < -0.3 is 14.5 Å². The molecule has 0 saturated heterocycles. The van der Waals surface area contributed by atoms with Crippen molar-refractivity contribution in [3.63, 3.8) is 0 Å². The number of aliphatic hydroxyl groups is 1. The van der Waals surface area contributed by atoms with E-state index in [-0.39, 0.29) is 31.6 Å². The van der Waals surface area contributed by atoms with Crippen molar-refractivity contribution in [2.24, 2.45) is 0 Å². The second-order valence-electron chi connectivity index (χ2n) is 8.85. The summed E-state index contributed by atoms with van der Waals surface area (Å²) in [6.07, 6.45) is 3.04. The third-order valence-corrected chi connectivity index (χ3v) is 5.50. The molecule has 0 bridgehead atoms. The molecule has 0 unspecified atom stereocenters. The van der Waals surface area contributed by atoms with E-state index in [1.54, 1.807) is 0 Å². The number of rotatable bonds is 4. The summed E-state index contributed by atoms with van der Waals surface area (Å²) in [4.78, 5) is 14.7. The van der Waals surface area contributed by atoms with E-state index in [4.69, 9.17) is 9.52 Å². The number of aryl methyl sites for hydroxylation is 2. The van der Waals surface area contributed by atoms with Crippen LogP contribution < -0.4 is 0 Å². The van der Waals surface area contributed by atoms with Crippen LogP contribution in [0.4, 0.5) is 0 Å². The Morgan fingerprint density at radius 2 is 1.59 bits per heavy atom. The van der Waals surface area contributed by atoms with Crippen molar-refractivity contribution in [2.75, 3.05) is 0 Å². The van der Waals surface area contributed by atoms with Gasteiger partial charge in [-0.2, -0.15) is 0 Å². The number of carbonyl (C=O) groups is 1. The maximum atomic E-state index is 10.0. The first-order valence-corrected chi connectivity index (χ1v) is 11.7. The number of nitrogens with zero attached hydrogens (tertiary/aromatic N) is 1. The van der Waals surface area contributed by atoms with Crippen molar-refractivity contribution in [2.45, 2.75) is 27.7 Å². The van der Waals surface area contributed by atoms with Gasteiger partial charge in [-0.1, -0.05) is 47.5 Å². The van der Waals surface area contributed by atoms with E-state index in [1.165, 1.54) is 36.6 Å². The van der Waals surface area contributed by atoms with E-state index in [9.17, 15) is 4.79 Å². The Bertz CT molecular complexity index is 1530. The molecule has 37 heavy (non-hydrogen) atoms. The molecule has 0 fully saturated rings. The predicted molar refractivity (Wildman–Crippen MR) is 146 cm³/mol. The number of hydrogen-bond acceptors (Lipinski definition) is 4. The van der Waals surface area contributed by atoms with Gasteiger partial charge in [0, 0.05) is 43.3 Å². The number of carbonyl (C=O) groups excluding carboxylic acids is 1. The van der Waals surface area contributed by atoms with Crippen LogP contribution in [0.1, 0.15) is 25.0 Å². The van der Waals surface area contributed by atoms with Crippen molar-refractivity contribution >= 4 is 16.8 Å². The zero-order valence-electron chi connectivity index (χ0n) is 21.2. The Balaban J connectivity index is 0.000000422. The van der Waals surface area contributed by atoms with Gasteiger partial charge in [0.05, 0.1) is 5.76 Å². The van der Waals surface area contributed by atoms with E-state index in [1.807, 2.05) is 36.5 Å². The Hall–Kier alpha value is -3.79. The number of hydrogen-bond donors (Lipinski definition) is 1. The summed E-state index contributed by atoms with van der Waals surface area (Å²) in [5, 5.41) is 9.37. The van der Waals surface area contributed by atoms with Gasteiger partial charge in [-0.15, -0.1) is 35.4 Å². The maximum absolute atomic E-state index is 10.0. The number of benzene rings is 3. The zero-order chi connectivity index (χ0) is 25.7. The smallest absolute Gasteiger partial charge is 0.155 e. The molecular weight excluding hydrogens is 639 g/mol. The third kappa shape index (κ3) is 7.36. The largest absolute Gasteiger partial charge is 0.512 e. The first-order valence-electron chi connectivity index (χ1n) is 11.7. The van der Waals surface area contributed by atoms with E-state index in [0.29, 0.717) is 0 Å². The van der Waals surface area contributed by atoms with Gasteiger partial charge in [0.15, 0.2) is 5.78 Å². The number of pyridine rings is 1. The molecule has 5 heteroatoms. The molecule has 5 aromatic rings. The molecule has 2 heterocycles. The second-order valence-corrected chi connectivity index (χ2v) is 8.85. The summed E-state index contributed by atoms with van der Waals surface area (Å²) in [5.41, 5.74) is 8.53. The van der Waals surface area contributed by atoms with Gasteiger partial charge in [-0.25, -0.2) is 0 Å². The van der Waals surface area contributed by atoms with Crippen LogP contribution in [0.5, 0.6) is 0 Å². The van der Waals surface area contributed by atoms with Gasteiger partial charge in [-0.05, 0) is 63.2 Å². The summed E-state index contributed by atoms with van der Waals surface area (Å²) in [6, 6.07) is 30.3. The van der Waals surface area contributed by atoms with Crippen LogP contribution >= 0.6 is 0 Å². The van der Waals surface area contributed by atoms with E-state index < -0.39 is 0 Å². The topological polar surface area (TPSA) is 63.3 Å². The maximum Gasteiger partial charge on any atom is 0.155 e. The summed E-state index contributed by atoms with van der Waals surface area (Å²) in [6.45, 7) is 7.06. The van der Waals surface area contributed by atoms with Crippen LogP contribution in [0.3, 0.4) is 0 Å². The Morgan fingerprint density at radius 3 is 2.22 bits per heavy atom. The molecule has 2 aromatic heterocycles. The molecule has 1 radical (unpaired) electrons. The summed E-state index contributed by atoms with van der Waals surface area (Å²) in [5.74, 6) is 0.806. The summed E-state index contributed by atoms with van der Waals surface area (Å²) in [7, 11) is 0. The molecule has 5 rings (SSSR count). The molecule has 189 valence electrons. The fourth-order valence-electron chi connectivity index (χ4n) is 4.06.